The fourth-order valence-electron chi connectivity index (χ4n) is 4.57. The lowest BCUT2D eigenvalue weighted by molar-refractivity contribution is 0.0923. The summed E-state index contributed by atoms with van der Waals surface area (Å²) in [7, 11) is 0. The molecular formula is C34H31ClFN3O5. The largest absolute Gasteiger partial charge is 0.490 e. The predicted octanol–water partition coefficient (Wildman–Crippen LogP) is 7.80. The summed E-state index contributed by atoms with van der Waals surface area (Å²) in [6.07, 6.45) is 1.43. The van der Waals surface area contributed by atoms with Crippen LogP contribution in [0.2, 0.25) is 5.02 Å². The first-order chi connectivity index (χ1) is 21.3. The fourth-order valence-corrected chi connectivity index (χ4v) is 4.84. The molecule has 5 aromatic rings. The summed E-state index contributed by atoms with van der Waals surface area (Å²) in [5.41, 5.74) is 7.02. The van der Waals surface area contributed by atoms with E-state index in [0.29, 0.717) is 40.7 Å². The van der Waals surface area contributed by atoms with E-state index < -0.39 is 5.91 Å². The number of hydrazone groups is 1. The van der Waals surface area contributed by atoms with Crippen LogP contribution in [-0.2, 0) is 13.2 Å². The first kappa shape index (κ1) is 30.4. The third kappa shape index (κ3) is 7.48. The van der Waals surface area contributed by atoms with Gasteiger partial charge in [-0.05, 0) is 105 Å². The van der Waals surface area contributed by atoms with E-state index in [-0.39, 0.29) is 29.8 Å². The van der Waals surface area contributed by atoms with Crippen LogP contribution in [0.1, 0.15) is 45.8 Å². The van der Waals surface area contributed by atoms with Gasteiger partial charge in [-0.15, -0.1) is 0 Å². The summed E-state index contributed by atoms with van der Waals surface area (Å²) < 4.78 is 38.7. The maximum absolute atomic E-state index is 13.5. The topological polar surface area (TPSA) is 87.2 Å². The van der Waals surface area contributed by atoms with E-state index >= 15 is 0 Å². The van der Waals surface area contributed by atoms with Gasteiger partial charge in [0, 0.05) is 17.1 Å². The van der Waals surface area contributed by atoms with Crippen LogP contribution in [0.25, 0.3) is 5.69 Å². The zero-order valence-electron chi connectivity index (χ0n) is 24.5. The second kappa shape index (κ2) is 14.0. The summed E-state index contributed by atoms with van der Waals surface area (Å²) in [6.45, 7) is 6.59. The standard InChI is InChI=1S/C34H31ClFN3O5/c1-4-41-32-18-25(17-30(35)33(32)43-20-24-6-5-7-26(36)16-24)19-37-38-34(40)31-15-14-29(44-31)21-42-28-12-10-27(11-13-28)39-22(2)8-9-23(39)3/h5-19H,4,20-21H2,1-3H3,(H,38,40)/b37-19+. The van der Waals surface area contributed by atoms with Gasteiger partial charge in [0.1, 0.15) is 30.5 Å². The van der Waals surface area contributed by atoms with Gasteiger partial charge in [-0.25, -0.2) is 9.82 Å². The molecule has 0 bridgehead atoms. The van der Waals surface area contributed by atoms with Crippen molar-refractivity contribution in [3.05, 3.63) is 130 Å². The molecule has 8 nitrogen and oxygen atoms in total. The molecule has 3 aromatic carbocycles. The number of aromatic nitrogens is 1. The second-order valence-electron chi connectivity index (χ2n) is 9.88. The van der Waals surface area contributed by atoms with E-state index in [1.54, 1.807) is 36.4 Å². The minimum Gasteiger partial charge on any atom is -0.490 e. The van der Waals surface area contributed by atoms with E-state index in [4.69, 9.17) is 30.2 Å². The van der Waals surface area contributed by atoms with E-state index in [1.165, 1.54) is 18.3 Å². The van der Waals surface area contributed by atoms with Crippen LogP contribution in [-0.4, -0.2) is 23.3 Å². The summed E-state index contributed by atoms with van der Waals surface area (Å²) in [5, 5.41) is 4.30. The maximum Gasteiger partial charge on any atom is 0.307 e. The number of ether oxygens (including phenoxy) is 3. The molecule has 226 valence electrons. The van der Waals surface area contributed by atoms with Crippen molar-refractivity contribution < 1.29 is 27.8 Å². The molecule has 10 heteroatoms. The van der Waals surface area contributed by atoms with Gasteiger partial charge in [0.25, 0.3) is 0 Å². The van der Waals surface area contributed by atoms with Crippen molar-refractivity contribution in [3.8, 4) is 22.9 Å². The number of hydrogen-bond donors (Lipinski definition) is 1. The molecule has 1 N–H and O–H groups in total. The summed E-state index contributed by atoms with van der Waals surface area (Å²) in [6, 6.07) is 24.6. The molecule has 0 atom stereocenters. The number of rotatable bonds is 12. The summed E-state index contributed by atoms with van der Waals surface area (Å²) >= 11 is 6.47. The van der Waals surface area contributed by atoms with Gasteiger partial charge in [0.05, 0.1) is 17.8 Å². The van der Waals surface area contributed by atoms with Crippen LogP contribution in [0.15, 0.2) is 94.4 Å². The number of halogens is 2. The normalized spacial score (nSPS) is 11.1. The number of aryl methyl sites for hydroxylation is 2. The average molecular weight is 616 g/mol. The van der Waals surface area contributed by atoms with E-state index in [0.717, 1.165) is 17.1 Å². The molecule has 0 fully saturated rings. The highest BCUT2D eigenvalue weighted by Gasteiger charge is 2.14. The molecule has 5 rings (SSSR count). The molecule has 0 spiro atoms. The molecule has 2 heterocycles. The highest BCUT2D eigenvalue weighted by atomic mass is 35.5. The number of furan rings is 1. The molecule has 0 aliphatic rings. The van der Waals surface area contributed by atoms with Crippen LogP contribution in [0.4, 0.5) is 4.39 Å². The molecule has 0 saturated heterocycles. The van der Waals surface area contributed by atoms with Crippen molar-refractivity contribution in [1.82, 2.24) is 9.99 Å². The van der Waals surface area contributed by atoms with Crippen molar-refractivity contribution in [2.45, 2.75) is 34.0 Å². The Labute approximate surface area is 259 Å². The van der Waals surface area contributed by atoms with E-state index in [2.05, 4.69) is 41.1 Å². The van der Waals surface area contributed by atoms with Gasteiger partial charge in [0.2, 0.25) is 0 Å². The Kier molecular flexibility index (Phi) is 9.66. The lowest BCUT2D eigenvalue weighted by Crippen LogP contribution is -2.16. The lowest BCUT2D eigenvalue weighted by atomic mass is 10.2. The molecule has 0 aliphatic heterocycles. The monoisotopic (exact) mass is 615 g/mol. The molecule has 0 aliphatic carbocycles. The van der Waals surface area contributed by atoms with Gasteiger partial charge in [-0.3, -0.25) is 4.79 Å². The average Bonchev–Trinajstić information content (AvgIpc) is 3.62. The zero-order valence-corrected chi connectivity index (χ0v) is 25.2. The Morgan fingerprint density at radius 2 is 1.73 bits per heavy atom. The number of benzene rings is 3. The van der Waals surface area contributed by atoms with Crippen molar-refractivity contribution in [3.63, 3.8) is 0 Å². The van der Waals surface area contributed by atoms with Crippen LogP contribution in [0.5, 0.6) is 17.2 Å². The maximum atomic E-state index is 13.5. The molecular weight excluding hydrogens is 585 g/mol. The fraction of sp³-hybridized carbons (Fsp3) is 0.176. The van der Waals surface area contributed by atoms with Gasteiger partial charge in [-0.1, -0.05) is 23.7 Å². The third-order valence-corrected chi connectivity index (χ3v) is 6.90. The number of nitrogens with one attached hydrogen (secondary N) is 1. The molecule has 1 amide bonds. The van der Waals surface area contributed by atoms with Gasteiger partial charge < -0.3 is 23.2 Å². The van der Waals surface area contributed by atoms with Crippen molar-refractivity contribution in [2.24, 2.45) is 5.10 Å². The molecule has 0 unspecified atom stereocenters. The van der Waals surface area contributed by atoms with Crippen molar-refractivity contribution in [2.75, 3.05) is 6.61 Å². The van der Waals surface area contributed by atoms with Crippen molar-refractivity contribution in [1.29, 1.82) is 0 Å². The van der Waals surface area contributed by atoms with Gasteiger partial charge in [-0.2, -0.15) is 5.10 Å². The van der Waals surface area contributed by atoms with Crippen LogP contribution >= 0.6 is 11.6 Å². The summed E-state index contributed by atoms with van der Waals surface area (Å²) in [4.78, 5) is 12.6. The Morgan fingerprint density at radius 3 is 2.45 bits per heavy atom. The smallest absolute Gasteiger partial charge is 0.307 e. The Hall–Kier alpha value is -5.02. The van der Waals surface area contributed by atoms with Gasteiger partial charge in [0.15, 0.2) is 17.3 Å². The highest BCUT2D eigenvalue weighted by Crippen LogP contribution is 2.37. The first-order valence-electron chi connectivity index (χ1n) is 13.9. The number of amides is 1. The number of carbonyl (C=O) groups excluding carboxylic acids is 1. The minimum atomic E-state index is -0.527. The minimum absolute atomic E-state index is 0.0868. The first-order valence-corrected chi connectivity index (χ1v) is 14.3. The lowest BCUT2D eigenvalue weighted by Gasteiger charge is -2.14. The molecule has 0 radical (unpaired) electrons. The van der Waals surface area contributed by atoms with Crippen LogP contribution < -0.4 is 19.6 Å². The van der Waals surface area contributed by atoms with Crippen LogP contribution in [0, 0.1) is 19.7 Å². The molecule has 0 saturated carbocycles. The van der Waals surface area contributed by atoms with E-state index in [9.17, 15) is 9.18 Å². The number of carbonyl (C=O) groups is 1. The summed E-state index contributed by atoms with van der Waals surface area (Å²) in [5.74, 6) is 1.09. The third-order valence-electron chi connectivity index (χ3n) is 6.62. The highest BCUT2D eigenvalue weighted by molar-refractivity contribution is 6.32. The Bertz CT molecular complexity index is 1760. The molecule has 2 aromatic heterocycles. The Morgan fingerprint density at radius 1 is 0.955 bits per heavy atom. The number of nitrogens with zero attached hydrogens (tertiary/aromatic N) is 2. The Balaban J connectivity index is 1.16. The quantitative estimate of drug-likeness (QED) is 0.114. The molecule has 44 heavy (non-hydrogen) atoms. The van der Waals surface area contributed by atoms with E-state index in [1.807, 2.05) is 31.2 Å². The number of hydrogen-bond acceptors (Lipinski definition) is 6. The predicted molar refractivity (Wildman–Crippen MR) is 167 cm³/mol. The second-order valence-corrected chi connectivity index (χ2v) is 10.3. The van der Waals surface area contributed by atoms with Crippen LogP contribution in [0.3, 0.4) is 0 Å². The van der Waals surface area contributed by atoms with Gasteiger partial charge >= 0.3 is 5.91 Å². The SMILES string of the molecule is CCOc1cc(/C=N/NC(=O)c2ccc(COc3ccc(-n4c(C)ccc4C)cc3)o2)cc(Cl)c1OCc1cccc(F)c1. The zero-order chi connectivity index (χ0) is 31.1. The van der Waals surface area contributed by atoms with Crippen molar-refractivity contribution >= 4 is 23.7 Å².